The van der Waals surface area contributed by atoms with Crippen molar-refractivity contribution in [2.45, 2.75) is 11.4 Å². The largest absolute Gasteiger partial charge is 0.397 e. The Balaban J connectivity index is 2.12. The van der Waals surface area contributed by atoms with E-state index in [2.05, 4.69) is 5.32 Å². The Morgan fingerprint density at radius 2 is 1.80 bits per heavy atom. The number of halogens is 1. The van der Waals surface area contributed by atoms with Crippen LogP contribution in [0, 0.1) is 5.82 Å². The van der Waals surface area contributed by atoms with E-state index in [4.69, 9.17) is 5.73 Å². The predicted molar refractivity (Wildman–Crippen MR) is 77.7 cm³/mol. The molecule has 2 aromatic rings. The minimum Gasteiger partial charge on any atom is -0.397 e. The molecule has 0 radical (unpaired) electrons. The first-order chi connectivity index (χ1) is 9.36. The summed E-state index contributed by atoms with van der Waals surface area (Å²) >= 11 is 0. The minimum atomic E-state index is -3.26. The molecule has 20 heavy (non-hydrogen) atoms. The molecule has 2 aromatic carbocycles. The second-order valence-electron chi connectivity index (χ2n) is 4.50. The van der Waals surface area contributed by atoms with Gasteiger partial charge in [0.25, 0.3) is 0 Å². The zero-order valence-corrected chi connectivity index (χ0v) is 11.7. The Morgan fingerprint density at radius 3 is 2.35 bits per heavy atom. The van der Waals surface area contributed by atoms with Crippen LogP contribution in [0.15, 0.2) is 47.4 Å². The third-order valence-electron chi connectivity index (χ3n) is 2.85. The molecule has 4 nitrogen and oxygen atoms in total. The molecule has 0 fully saturated rings. The highest BCUT2D eigenvalue weighted by Gasteiger charge is 2.09. The molecule has 0 aliphatic carbocycles. The zero-order chi connectivity index (χ0) is 14.8. The number of benzene rings is 2. The van der Waals surface area contributed by atoms with Crippen molar-refractivity contribution in [3.8, 4) is 0 Å². The van der Waals surface area contributed by atoms with Gasteiger partial charge in [0.2, 0.25) is 0 Å². The molecule has 0 aliphatic heterocycles. The molecule has 0 saturated carbocycles. The van der Waals surface area contributed by atoms with Gasteiger partial charge in [-0.05, 0) is 35.9 Å². The molecular formula is C14H15FN2O2S. The van der Waals surface area contributed by atoms with Crippen molar-refractivity contribution in [1.82, 2.24) is 0 Å². The Bertz CT molecular complexity index is 712. The lowest BCUT2D eigenvalue weighted by atomic mass is 10.2. The molecule has 0 aliphatic rings. The topological polar surface area (TPSA) is 72.2 Å². The number of nitrogen functional groups attached to an aromatic ring is 1. The summed E-state index contributed by atoms with van der Waals surface area (Å²) in [7, 11) is -3.26. The summed E-state index contributed by atoms with van der Waals surface area (Å²) in [5.74, 6) is -0.286. The summed E-state index contributed by atoms with van der Waals surface area (Å²) < 4.78 is 35.6. The maximum absolute atomic E-state index is 12.8. The number of hydrogen-bond acceptors (Lipinski definition) is 4. The van der Waals surface area contributed by atoms with E-state index in [1.165, 1.54) is 24.3 Å². The summed E-state index contributed by atoms with van der Waals surface area (Å²) in [4.78, 5) is 0.183. The van der Waals surface area contributed by atoms with Gasteiger partial charge in [0.1, 0.15) is 5.82 Å². The highest BCUT2D eigenvalue weighted by atomic mass is 32.2. The van der Waals surface area contributed by atoms with Crippen LogP contribution in [0.2, 0.25) is 0 Å². The van der Waals surface area contributed by atoms with Crippen molar-refractivity contribution in [2.75, 3.05) is 17.3 Å². The molecule has 0 bridgehead atoms. The van der Waals surface area contributed by atoms with Gasteiger partial charge in [0.15, 0.2) is 9.84 Å². The van der Waals surface area contributed by atoms with Crippen LogP contribution in [0.1, 0.15) is 5.56 Å². The van der Waals surface area contributed by atoms with Gasteiger partial charge in [-0.2, -0.15) is 0 Å². The number of nitrogens with two attached hydrogens (primary N) is 1. The van der Waals surface area contributed by atoms with E-state index in [1.807, 2.05) is 0 Å². The molecule has 0 saturated heterocycles. The van der Waals surface area contributed by atoms with Gasteiger partial charge in [0.05, 0.1) is 16.3 Å². The maximum Gasteiger partial charge on any atom is 0.175 e. The molecule has 6 heteroatoms. The van der Waals surface area contributed by atoms with Crippen LogP contribution in [0.5, 0.6) is 0 Å². The Hall–Kier alpha value is -2.08. The van der Waals surface area contributed by atoms with Crippen molar-refractivity contribution >= 4 is 21.2 Å². The van der Waals surface area contributed by atoms with Gasteiger partial charge < -0.3 is 11.1 Å². The minimum absolute atomic E-state index is 0.183. The number of sulfone groups is 1. The molecule has 0 aromatic heterocycles. The summed E-state index contributed by atoms with van der Waals surface area (Å²) in [6.45, 7) is 0.475. The average Bonchev–Trinajstić information content (AvgIpc) is 2.38. The van der Waals surface area contributed by atoms with Crippen LogP contribution in [0.3, 0.4) is 0 Å². The average molecular weight is 294 g/mol. The van der Waals surface area contributed by atoms with E-state index in [-0.39, 0.29) is 10.7 Å². The van der Waals surface area contributed by atoms with E-state index >= 15 is 0 Å². The van der Waals surface area contributed by atoms with Gasteiger partial charge in [-0.15, -0.1) is 0 Å². The Labute approximate surface area is 117 Å². The molecule has 2 rings (SSSR count). The first kappa shape index (κ1) is 14.3. The smallest absolute Gasteiger partial charge is 0.175 e. The maximum atomic E-state index is 12.8. The lowest BCUT2D eigenvalue weighted by Crippen LogP contribution is -2.04. The lowest BCUT2D eigenvalue weighted by molar-refractivity contribution is 0.602. The summed E-state index contributed by atoms with van der Waals surface area (Å²) in [6, 6.07) is 10.6. The van der Waals surface area contributed by atoms with Crippen LogP contribution < -0.4 is 11.1 Å². The van der Waals surface area contributed by atoms with Crippen molar-refractivity contribution in [1.29, 1.82) is 0 Å². The van der Waals surface area contributed by atoms with Crippen LogP contribution in [0.25, 0.3) is 0 Å². The monoisotopic (exact) mass is 294 g/mol. The zero-order valence-electron chi connectivity index (χ0n) is 10.9. The van der Waals surface area contributed by atoms with Gasteiger partial charge in [0, 0.05) is 12.8 Å². The molecule has 0 atom stereocenters. The molecule has 0 spiro atoms. The molecule has 106 valence electrons. The van der Waals surface area contributed by atoms with E-state index in [0.717, 1.165) is 11.8 Å². The van der Waals surface area contributed by atoms with Gasteiger partial charge >= 0.3 is 0 Å². The van der Waals surface area contributed by atoms with Gasteiger partial charge in [-0.25, -0.2) is 12.8 Å². The Kier molecular flexibility index (Phi) is 3.94. The first-order valence-electron chi connectivity index (χ1n) is 5.94. The van der Waals surface area contributed by atoms with Crippen LogP contribution in [-0.4, -0.2) is 14.7 Å². The summed E-state index contributed by atoms with van der Waals surface area (Å²) in [5, 5.41) is 3.09. The Morgan fingerprint density at radius 1 is 1.15 bits per heavy atom. The number of nitrogens with one attached hydrogen (secondary N) is 1. The second-order valence-corrected chi connectivity index (χ2v) is 6.52. The fourth-order valence-electron chi connectivity index (χ4n) is 1.73. The standard InChI is InChI=1S/C14H15FN2O2S/c1-20(18,19)12-6-7-14(13(16)8-12)17-9-10-2-4-11(15)5-3-10/h2-8,17H,9,16H2,1H3. The van der Waals surface area contributed by atoms with Crippen molar-refractivity contribution in [3.05, 3.63) is 53.8 Å². The van der Waals surface area contributed by atoms with Crippen molar-refractivity contribution in [3.63, 3.8) is 0 Å². The third kappa shape index (κ3) is 3.48. The van der Waals surface area contributed by atoms with E-state index in [9.17, 15) is 12.8 Å². The van der Waals surface area contributed by atoms with Gasteiger partial charge in [-0.3, -0.25) is 0 Å². The first-order valence-corrected chi connectivity index (χ1v) is 7.83. The molecular weight excluding hydrogens is 279 g/mol. The molecule has 0 unspecified atom stereocenters. The van der Waals surface area contributed by atoms with Crippen LogP contribution in [0.4, 0.5) is 15.8 Å². The van der Waals surface area contributed by atoms with Crippen molar-refractivity contribution < 1.29 is 12.8 Å². The van der Waals surface area contributed by atoms with E-state index < -0.39 is 9.84 Å². The summed E-state index contributed by atoms with van der Waals surface area (Å²) in [5.41, 5.74) is 7.72. The normalized spacial score (nSPS) is 11.3. The van der Waals surface area contributed by atoms with Crippen LogP contribution >= 0.6 is 0 Å². The lowest BCUT2D eigenvalue weighted by Gasteiger charge is -2.10. The fourth-order valence-corrected chi connectivity index (χ4v) is 2.39. The van der Waals surface area contributed by atoms with E-state index in [0.29, 0.717) is 17.9 Å². The highest BCUT2D eigenvalue weighted by molar-refractivity contribution is 7.90. The highest BCUT2D eigenvalue weighted by Crippen LogP contribution is 2.23. The quantitative estimate of drug-likeness (QED) is 0.849. The number of rotatable bonds is 4. The molecule has 0 heterocycles. The molecule has 3 N–H and O–H groups in total. The SMILES string of the molecule is CS(=O)(=O)c1ccc(NCc2ccc(F)cc2)c(N)c1. The number of anilines is 2. The third-order valence-corrected chi connectivity index (χ3v) is 3.96. The number of hydrogen-bond donors (Lipinski definition) is 2. The predicted octanol–water partition coefficient (Wildman–Crippen LogP) is 2.42. The van der Waals surface area contributed by atoms with Crippen molar-refractivity contribution in [2.24, 2.45) is 0 Å². The van der Waals surface area contributed by atoms with Gasteiger partial charge in [-0.1, -0.05) is 12.1 Å². The second kappa shape index (κ2) is 5.50. The summed E-state index contributed by atoms with van der Waals surface area (Å²) in [6.07, 6.45) is 1.13. The van der Waals surface area contributed by atoms with E-state index in [1.54, 1.807) is 18.2 Å². The van der Waals surface area contributed by atoms with Crippen LogP contribution in [-0.2, 0) is 16.4 Å². The fraction of sp³-hybridized carbons (Fsp3) is 0.143. The molecule has 0 amide bonds.